The summed E-state index contributed by atoms with van der Waals surface area (Å²) in [6.07, 6.45) is 3.14. The summed E-state index contributed by atoms with van der Waals surface area (Å²) in [4.78, 5) is 8.30. The number of rotatable bonds is 4. The third-order valence-electron chi connectivity index (χ3n) is 3.92. The number of imidazole rings is 1. The van der Waals surface area contributed by atoms with E-state index in [1.165, 1.54) is 10.6 Å². The van der Waals surface area contributed by atoms with Gasteiger partial charge in [-0.2, -0.15) is 4.98 Å². The molecule has 0 amide bonds. The standard InChI is InChI=1S/C19H16N4O2/c20-18-17-16(22-19(24)23(17)10-9-21-18)14-7-4-8-15(11-14)25-12-13-5-2-1-3-6-13/h1-11H,12H2,(H2,20,21)(H,22,24). The maximum Gasteiger partial charge on any atom is 0.299 e. The van der Waals surface area contributed by atoms with Crippen molar-refractivity contribution in [2.24, 2.45) is 0 Å². The molecular weight excluding hydrogens is 316 g/mol. The van der Waals surface area contributed by atoms with E-state index in [9.17, 15) is 5.11 Å². The first kappa shape index (κ1) is 15.0. The fourth-order valence-corrected chi connectivity index (χ4v) is 2.72. The number of benzene rings is 2. The largest absolute Gasteiger partial charge is 0.489 e. The topological polar surface area (TPSA) is 85.7 Å². The summed E-state index contributed by atoms with van der Waals surface area (Å²) in [5.74, 6) is 1.02. The summed E-state index contributed by atoms with van der Waals surface area (Å²) in [5.41, 5.74) is 8.98. The second-order valence-electron chi connectivity index (χ2n) is 5.59. The van der Waals surface area contributed by atoms with Crippen LogP contribution in [0.4, 0.5) is 5.82 Å². The molecule has 0 bridgehead atoms. The molecule has 0 spiro atoms. The van der Waals surface area contributed by atoms with Crippen molar-refractivity contribution in [3.05, 3.63) is 72.6 Å². The van der Waals surface area contributed by atoms with Gasteiger partial charge in [0, 0.05) is 18.0 Å². The quantitative estimate of drug-likeness (QED) is 0.599. The van der Waals surface area contributed by atoms with Gasteiger partial charge in [-0.3, -0.25) is 4.40 Å². The number of nitrogen functional groups attached to an aromatic ring is 1. The minimum atomic E-state index is -0.130. The zero-order valence-corrected chi connectivity index (χ0v) is 13.3. The predicted octanol–water partition coefficient (Wildman–Crippen LogP) is 3.26. The van der Waals surface area contributed by atoms with E-state index in [4.69, 9.17) is 10.5 Å². The van der Waals surface area contributed by atoms with Gasteiger partial charge in [-0.05, 0) is 17.7 Å². The number of nitrogens with two attached hydrogens (primary N) is 1. The van der Waals surface area contributed by atoms with Crippen LogP contribution < -0.4 is 10.5 Å². The second-order valence-corrected chi connectivity index (χ2v) is 5.59. The van der Waals surface area contributed by atoms with Crippen molar-refractivity contribution in [2.45, 2.75) is 6.61 Å². The molecule has 4 rings (SSSR count). The Morgan fingerprint density at radius 1 is 1.08 bits per heavy atom. The average molecular weight is 332 g/mol. The smallest absolute Gasteiger partial charge is 0.299 e. The highest BCUT2D eigenvalue weighted by Gasteiger charge is 2.15. The number of anilines is 1. The minimum Gasteiger partial charge on any atom is -0.489 e. The maximum atomic E-state index is 10.0. The molecule has 0 saturated carbocycles. The third kappa shape index (κ3) is 2.85. The van der Waals surface area contributed by atoms with Crippen LogP contribution in [0.15, 0.2) is 67.0 Å². The monoisotopic (exact) mass is 332 g/mol. The van der Waals surface area contributed by atoms with E-state index in [0.29, 0.717) is 29.4 Å². The molecule has 0 aliphatic rings. The molecule has 0 unspecified atom stereocenters. The van der Waals surface area contributed by atoms with Gasteiger partial charge >= 0.3 is 0 Å². The molecule has 2 heterocycles. The van der Waals surface area contributed by atoms with Gasteiger partial charge < -0.3 is 15.6 Å². The van der Waals surface area contributed by atoms with Crippen molar-refractivity contribution in [1.82, 2.24) is 14.4 Å². The number of aromatic nitrogens is 3. The Hall–Kier alpha value is -3.54. The van der Waals surface area contributed by atoms with E-state index < -0.39 is 0 Å². The highest BCUT2D eigenvalue weighted by Crippen LogP contribution is 2.32. The molecule has 0 radical (unpaired) electrons. The number of aromatic hydroxyl groups is 1. The lowest BCUT2D eigenvalue weighted by Gasteiger charge is -2.08. The number of nitrogens with zero attached hydrogens (tertiary/aromatic N) is 3. The average Bonchev–Trinajstić information content (AvgIpc) is 2.99. The summed E-state index contributed by atoms with van der Waals surface area (Å²) in [6, 6.07) is 17.3. The normalized spacial score (nSPS) is 10.9. The summed E-state index contributed by atoms with van der Waals surface area (Å²) < 4.78 is 7.37. The van der Waals surface area contributed by atoms with E-state index >= 15 is 0 Å². The first-order valence-electron chi connectivity index (χ1n) is 7.81. The molecule has 2 aromatic carbocycles. The van der Waals surface area contributed by atoms with Crippen molar-refractivity contribution in [3.8, 4) is 23.0 Å². The Balaban J connectivity index is 1.68. The summed E-state index contributed by atoms with van der Waals surface area (Å²) in [5, 5.41) is 10.0. The zero-order valence-electron chi connectivity index (χ0n) is 13.3. The Labute approximate surface area is 144 Å². The van der Waals surface area contributed by atoms with Crippen LogP contribution in [0.5, 0.6) is 11.8 Å². The SMILES string of the molecule is Nc1nccn2c(O)nc(-c3cccc(OCc4ccccc4)c3)c12. The lowest BCUT2D eigenvalue weighted by molar-refractivity contribution is 0.306. The first-order chi connectivity index (χ1) is 12.2. The van der Waals surface area contributed by atoms with Crippen molar-refractivity contribution in [3.63, 3.8) is 0 Å². The van der Waals surface area contributed by atoms with E-state index in [-0.39, 0.29) is 6.01 Å². The molecule has 0 fully saturated rings. The Bertz CT molecular complexity index is 1030. The molecule has 0 saturated heterocycles. The van der Waals surface area contributed by atoms with Gasteiger partial charge in [0.2, 0.25) is 0 Å². The van der Waals surface area contributed by atoms with Gasteiger partial charge in [0.15, 0.2) is 0 Å². The molecule has 6 nitrogen and oxygen atoms in total. The van der Waals surface area contributed by atoms with Crippen LogP contribution in [0.25, 0.3) is 16.8 Å². The molecule has 6 heteroatoms. The zero-order chi connectivity index (χ0) is 17.2. The van der Waals surface area contributed by atoms with Gasteiger partial charge in [-0.25, -0.2) is 4.98 Å². The van der Waals surface area contributed by atoms with Gasteiger partial charge in [-0.1, -0.05) is 42.5 Å². The van der Waals surface area contributed by atoms with Gasteiger partial charge in [-0.15, -0.1) is 0 Å². The molecule has 0 atom stereocenters. The van der Waals surface area contributed by atoms with E-state index in [1.54, 1.807) is 6.20 Å². The van der Waals surface area contributed by atoms with Gasteiger partial charge in [0.1, 0.15) is 29.4 Å². The summed E-state index contributed by atoms with van der Waals surface area (Å²) in [6.45, 7) is 0.475. The van der Waals surface area contributed by atoms with Gasteiger partial charge in [0.25, 0.3) is 6.01 Å². The first-order valence-corrected chi connectivity index (χ1v) is 7.81. The molecule has 0 aliphatic carbocycles. The second kappa shape index (κ2) is 6.16. The number of fused-ring (bicyclic) bond motifs is 1. The number of hydrogen-bond donors (Lipinski definition) is 2. The summed E-state index contributed by atoms with van der Waals surface area (Å²) >= 11 is 0. The lowest BCUT2D eigenvalue weighted by atomic mass is 10.1. The van der Waals surface area contributed by atoms with Crippen LogP contribution in [0.1, 0.15) is 5.56 Å². The number of ether oxygens (including phenoxy) is 1. The molecule has 25 heavy (non-hydrogen) atoms. The predicted molar refractivity (Wildman–Crippen MR) is 95.3 cm³/mol. The maximum absolute atomic E-state index is 10.0. The van der Waals surface area contributed by atoms with E-state index in [2.05, 4.69) is 9.97 Å². The Morgan fingerprint density at radius 3 is 2.76 bits per heavy atom. The van der Waals surface area contributed by atoms with Crippen molar-refractivity contribution < 1.29 is 9.84 Å². The molecule has 124 valence electrons. The fourth-order valence-electron chi connectivity index (χ4n) is 2.72. The Morgan fingerprint density at radius 2 is 1.92 bits per heavy atom. The fraction of sp³-hybridized carbons (Fsp3) is 0.0526. The van der Waals surface area contributed by atoms with Crippen LogP contribution in [0.2, 0.25) is 0 Å². The number of hydrogen-bond acceptors (Lipinski definition) is 5. The van der Waals surface area contributed by atoms with Crippen LogP contribution >= 0.6 is 0 Å². The molecule has 0 aliphatic heterocycles. The van der Waals surface area contributed by atoms with Crippen LogP contribution in [0, 0.1) is 0 Å². The van der Waals surface area contributed by atoms with Crippen molar-refractivity contribution in [1.29, 1.82) is 0 Å². The molecule has 4 aromatic rings. The molecular formula is C19H16N4O2. The minimum absolute atomic E-state index is 0.130. The molecule has 3 N–H and O–H groups in total. The van der Waals surface area contributed by atoms with Gasteiger partial charge in [0.05, 0.1) is 0 Å². The molecule has 2 aromatic heterocycles. The summed E-state index contributed by atoms with van der Waals surface area (Å²) in [7, 11) is 0. The van der Waals surface area contributed by atoms with Crippen LogP contribution in [0.3, 0.4) is 0 Å². The third-order valence-corrected chi connectivity index (χ3v) is 3.92. The van der Waals surface area contributed by atoms with E-state index in [1.807, 2.05) is 54.6 Å². The van der Waals surface area contributed by atoms with E-state index in [0.717, 1.165) is 11.1 Å². The highest BCUT2D eigenvalue weighted by atomic mass is 16.5. The van der Waals surface area contributed by atoms with Crippen molar-refractivity contribution >= 4 is 11.3 Å². The Kier molecular flexibility index (Phi) is 3.70. The highest BCUT2D eigenvalue weighted by molar-refractivity contribution is 5.86. The van der Waals surface area contributed by atoms with Crippen molar-refractivity contribution in [2.75, 3.05) is 5.73 Å². The lowest BCUT2D eigenvalue weighted by Crippen LogP contribution is -1.96. The van der Waals surface area contributed by atoms with Crippen LogP contribution in [-0.4, -0.2) is 19.5 Å². The van der Waals surface area contributed by atoms with Crippen LogP contribution in [-0.2, 0) is 6.61 Å².